The Morgan fingerprint density at radius 3 is 2.80 bits per heavy atom. The molecule has 0 amide bonds. The van der Waals surface area contributed by atoms with Gasteiger partial charge in [0.2, 0.25) is 0 Å². The van der Waals surface area contributed by atoms with Gasteiger partial charge in [0, 0.05) is 20.1 Å². The Balaban J connectivity index is 2.08. The van der Waals surface area contributed by atoms with Crippen LogP contribution in [0.2, 0.25) is 0 Å². The molecule has 2 N–H and O–H groups in total. The summed E-state index contributed by atoms with van der Waals surface area (Å²) in [5.74, 6) is -0.383. The number of nitrogens with zero attached hydrogens (tertiary/aromatic N) is 2. The average Bonchev–Trinajstić information content (AvgIpc) is 2.74. The van der Waals surface area contributed by atoms with Crippen LogP contribution in [0.1, 0.15) is 48.8 Å². The molecule has 0 bridgehead atoms. The first-order valence-corrected chi connectivity index (χ1v) is 7.13. The maximum atomic E-state index is 12.3. The van der Waals surface area contributed by atoms with Crippen molar-refractivity contribution in [3.8, 4) is 0 Å². The van der Waals surface area contributed by atoms with E-state index in [2.05, 4.69) is 5.10 Å². The molecule has 20 heavy (non-hydrogen) atoms. The van der Waals surface area contributed by atoms with Gasteiger partial charge in [0.15, 0.2) is 5.69 Å². The van der Waals surface area contributed by atoms with Crippen LogP contribution in [0.15, 0.2) is 0 Å². The summed E-state index contributed by atoms with van der Waals surface area (Å²) in [7, 11) is 1.70. The van der Waals surface area contributed by atoms with E-state index >= 15 is 0 Å². The second-order valence-corrected chi connectivity index (χ2v) is 5.22. The van der Waals surface area contributed by atoms with Crippen molar-refractivity contribution in [2.45, 2.75) is 58.3 Å². The normalized spacial score (nSPS) is 22.8. The smallest absolute Gasteiger partial charge is 0.359 e. The highest BCUT2D eigenvalue weighted by atomic mass is 16.5. The van der Waals surface area contributed by atoms with Gasteiger partial charge >= 0.3 is 5.97 Å². The predicted octanol–water partition coefficient (Wildman–Crippen LogP) is 1.91. The van der Waals surface area contributed by atoms with E-state index in [9.17, 15) is 4.79 Å². The fourth-order valence-corrected chi connectivity index (χ4v) is 2.67. The summed E-state index contributed by atoms with van der Waals surface area (Å²) in [6.07, 6.45) is 3.75. The standard InChI is InChI=1S/C14H23N3O3/c1-4-17-13(12(15)9(2)16-17)14(18)20-11-7-5-6-10(8-11)19-3/h10-11H,4-8,15H2,1-3H3. The van der Waals surface area contributed by atoms with Crippen LogP contribution in [0.4, 0.5) is 5.69 Å². The van der Waals surface area contributed by atoms with E-state index in [-0.39, 0.29) is 18.2 Å². The van der Waals surface area contributed by atoms with Gasteiger partial charge in [-0.25, -0.2) is 4.79 Å². The summed E-state index contributed by atoms with van der Waals surface area (Å²) >= 11 is 0. The van der Waals surface area contributed by atoms with E-state index in [1.807, 2.05) is 6.92 Å². The van der Waals surface area contributed by atoms with Crippen molar-refractivity contribution < 1.29 is 14.3 Å². The molecule has 1 aromatic heterocycles. The van der Waals surface area contributed by atoms with E-state index in [4.69, 9.17) is 15.2 Å². The molecule has 1 aromatic rings. The van der Waals surface area contributed by atoms with Crippen LogP contribution >= 0.6 is 0 Å². The van der Waals surface area contributed by atoms with Crippen molar-refractivity contribution in [1.82, 2.24) is 9.78 Å². The van der Waals surface area contributed by atoms with E-state index in [0.29, 0.717) is 23.6 Å². The third-order valence-electron chi connectivity index (χ3n) is 3.85. The van der Waals surface area contributed by atoms with Gasteiger partial charge in [0.25, 0.3) is 0 Å². The molecule has 0 aromatic carbocycles. The van der Waals surface area contributed by atoms with E-state index in [0.717, 1.165) is 25.7 Å². The molecule has 0 aliphatic heterocycles. The quantitative estimate of drug-likeness (QED) is 0.853. The molecule has 2 rings (SSSR count). The minimum absolute atomic E-state index is 0.0962. The fraction of sp³-hybridized carbons (Fsp3) is 0.714. The minimum Gasteiger partial charge on any atom is -0.458 e. The van der Waals surface area contributed by atoms with Crippen molar-refractivity contribution in [2.24, 2.45) is 0 Å². The van der Waals surface area contributed by atoms with Gasteiger partial charge in [-0.15, -0.1) is 0 Å². The summed E-state index contributed by atoms with van der Waals surface area (Å²) in [5.41, 5.74) is 7.37. The molecule has 6 nitrogen and oxygen atoms in total. The summed E-state index contributed by atoms with van der Waals surface area (Å²) < 4.78 is 12.5. The molecular weight excluding hydrogens is 258 g/mol. The number of carbonyl (C=O) groups excluding carboxylic acids is 1. The number of nitrogen functional groups attached to an aromatic ring is 1. The summed E-state index contributed by atoms with van der Waals surface area (Å²) in [5, 5.41) is 4.24. The summed E-state index contributed by atoms with van der Waals surface area (Å²) in [6.45, 7) is 4.30. The van der Waals surface area contributed by atoms with Crippen LogP contribution in [-0.4, -0.2) is 35.1 Å². The highest BCUT2D eigenvalue weighted by Gasteiger charge is 2.28. The molecule has 0 saturated heterocycles. The van der Waals surface area contributed by atoms with E-state index in [1.54, 1.807) is 18.7 Å². The van der Waals surface area contributed by atoms with Gasteiger partial charge in [-0.2, -0.15) is 5.10 Å². The van der Waals surface area contributed by atoms with Gasteiger partial charge in [0.1, 0.15) is 6.10 Å². The lowest BCUT2D eigenvalue weighted by atomic mass is 9.95. The van der Waals surface area contributed by atoms with Crippen LogP contribution < -0.4 is 5.73 Å². The third kappa shape index (κ3) is 2.95. The molecular formula is C14H23N3O3. The Bertz CT molecular complexity index is 484. The first-order valence-electron chi connectivity index (χ1n) is 7.13. The van der Waals surface area contributed by atoms with Crippen LogP contribution in [0.25, 0.3) is 0 Å². The molecule has 6 heteroatoms. The van der Waals surface area contributed by atoms with Gasteiger partial charge in [-0.05, 0) is 33.1 Å². The van der Waals surface area contributed by atoms with Crippen molar-refractivity contribution in [3.63, 3.8) is 0 Å². The Morgan fingerprint density at radius 1 is 1.45 bits per heavy atom. The van der Waals surface area contributed by atoms with Crippen molar-refractivity contribution in [2.75, 3.05) is 12.8 Å². The van der Waals surface area contributed by atoms with E-state index < -0.39 is 0 Å². The number of carbonyl (C=O) groups is 1. The van der Waals surface area contributed by atoms with Crippen LogP contribution in [0.5, 0.6) is 0 Å². The molecule has 2 atom stereocenters. The zero-order valence-electron chi connectivity index (χ0n) is 12.4. The zero-order chi connectivity index (χ0) is 14.7. The number of nitrogens with two attached hydrogens (primary N) is 1. The van der Waals surface area contributed by atoms with Gasteiger partial charge in [0.05, 0.1) is 17.5 Å². The number of hydrogen-bond acceptors (Lipinski definition) is 5. The van der Waals surface area contributed by atoms with Gasteiger partial charge < -0.3 is 15.2 Å². The summed E-state index contributed by atoms with van der Waals surface area (Å²) in [6, 6.07) is 0. The Kier molecular flexibility index (Phi) is 4.65. The molecule has 0 spiro atoms. The monoisotopic (exact) mass is 281 g/mol. The average molecular weight is 281 g/mol. The molecule has 1 aliphatic carbocycles. The lowest BCUT2D eigenvalue weighted by Crippen LogP contribution is -2.30. The molecule has 1 aliphatic rings. The number of esters is 1. The second-order valence-electron chi connectivity index (χ2n) is 5.22. The number of methoxy groups -OCH3 is 1. The Labute approximate surface area is 119 Å². The second kappa shape index (κ2) is 6.26. The topological polar surface area (TPSA) is 79.4 Å². The number of anilines is 1. The van der Waals surface area contributed by atoms with Crippen LogP contribution in [-0.2, 0) is 16.0 Å². The first kappa shape index (κ1) is 14.8. The molecule has 1 fully saturated rings. The number of aromatic nitrogens is 2. The molecule has 1 heterocycles. The Morgan fingerprint density at radius 2 is 2.15 bits per heavy atom. The third-order valence-corrected chi connectivity index (χ3v) is 3.85. The molecule has 1 saturated carbocycles. The van der Waals surface area contributed by atoms with Gasteiger partial charge in [-0.3, -0.25) is 4.68 Å². The maximum absolute atomic E-state index is 12.3. The van der Waals surface area contributed by atoms with Crippen molar-refractivity contribution in [3.05, 3.63) is 11.4 Å². The number of ether oxygens (including phenoxy) is 2. The van der Waals surface area contributed by atoms with Crippen molar-refractivity contribution in [1.29, 1.82) is 0 Å². The highest BCUT2D eigenvalue weighted by molar-refractivity contribution is 5.93. The SMILES string of the molecule is CCn1nc(C)c(N)c1C(=O)OC1CCCC(OC)C1. The Hall–Kier alpha value is -1.56. The number of rotatable bonds is 4. The maximum Gasteiger partial charge on any atom is 0.359 e. The minimum atomic E-state index is -0.383. The summed E-state index contributed by atoms with van der Waals surface area (Å²) in [4.78, 5) is 12.3. The highest BCUT2D eigenvalue weighted by Crippen LogP contribution is 2.25. The van der Waals surface area contributed by atoms with Crippen LogP contribution in [0, 0.1) is 6.92 Å². The largest absolute Gasteiger partial charge is 0.458 e. The first-order chi connectivity index (χ1) is 9.56. The lowest BCUT2D eigenvalue weighted by Gasteiger charge is -2.27. The number of hydrogen-bond donors (Lipinski definition) is 1. The lowest BCUT2D eigenvalue weighted by molar-refractivity contribution is -0.0156. The van der Waals surface area contributed by atoms with Gasteiger partial charge in [-0.1, -0.05) is 0 Å². The molecule has 0 radical (unpaired) electrons. The number of aryl methyl sites for hydroxylation is 2. The molecule has 112 valence electrons. The zero-order valence-corrected chi connectivity index (χ0v) is 12.4. The predicted molar refractivity (Wildman–Crippen MR) is 75.5 cm³/mol. The van der Waals surface area contributed by atoms with E-state index in [1.165, 1.54) is 0 Å². The van der Waals surface area contributed by atoms with Crippen LogP contribution in [0.3, 0.4) is 0 Å². The fourth-order valence-electron chi connectivity index (χ4n) is 2.67. The van der Waals surface area contributed by atoms with Crippen molar-refractivity contribution >= 4 is 11.7 Å². The molecule has 2 unspecified atom stereocenters.